The summed E-state index contributed by atoms with van der Waals surface area (Å²) >= 11 is 1.39. The molecule has 9 heteroatoms. The molecule has 3 aromatic heterocycles. The standard InChI is InChI=1S/C14H18N6O2S/c1-8(2)19(6-10(15)21)7-11-16-17-14-18(3)13(22)12-9(20(11)14)4-5-23-12/h4-5,8H,6-7H2,1-3H3,(H2,15,21). The number of carbonyl (C=O) groups excluding carboxylic acids is 1. The molecule has 23 heavy (non-hydrogen) atoms. The van der Waals surface area contributed by atoms with Gasteiger partial charge in [-0.2, -0.15) is 0 Å². The van der Waals surface area contributed by atoms with Crippen molar-refractivity contribution in [1.82, 2.24) is 24.1 Å². The van der Waals surface area contributed by atoms with Crippen molar-refractivity contribution in [2.45, 2.75) is 26.4 Å². The Kier molecular flexibility index (Phi) is 3.90. The minimum Gasteiger partial charge on any atom is -0.369 e. The van der Waals surface area contributed by atoms with Crippen LogP contribution < -0.4 is 11.3 Å². The van der Waals surface area contributed by atoms with Crippen LogP contribution in [0.4, 0.5) is 0 Å². The third kappa shape index (κ3) is 2.62. The number of aryl methyl sites for hydroxylation is 1. The smallest absolute Gasteiger partial charge is 0.272 e. The van der Waals surface area contributed by atoms with Crippen LogP contribution in [0, 0.1) is 0 Å². The number of hydrogen-bond acceptors (Lipinski definition) is 6. The van der Waals surface area contributed by atoms with Crippen LogP contribution in [0.1, 0.15) is 19.7 Å². The average Bonchev–Trinajstić information content (AvgIpc) is 3.09. The van der Waals surface area contributed by atoms with Gasteiger partial charge in [-0.15, -0.1) is 21.5 Å². The van der Waals surface area contributed by atoms with Gasteiger partial charge in [-0.1, -0.05) is 0 Å². The summed E-state index contributed by atoms with van der Waals surface area (Å²) < 4.78 is 4.01. The van der Waals surface area contributed by atoms with Crippen LogP contribution in [0.15, 0.2) is 16.2 Å². The quantitative estimate of drug-likeness (QED) is 0.725. The van der Waals surface area contributed by atoms with Gasteiger partial charge >= 0.3 is 0 Å². The lowest BCUT2D eigenvalue weighted by Gasteiger charge is -2.23. The number of aromatic nitrogens is 4. The van der Waals surface area contributed by atoms with Gasteiger partial charge < -0.3 is 5.73 Å². The second-order valence-corrected chi connectivity index (χ2v) is 6.63. The summed E-state index contributed by atoms with van der Waals surface area (Å²) in [6.45, 7) is 4.54. The Bertz CT molecular complexity index is 938. The minimum absolute atomic E-state index is 0.0840. The van der Waals surface area contributed by atoms with E-state index in [1.807, 2.05) is 34.6 Å². The van der Waals surface area contributed by atoms with E-state index < -0.39 is 0 Å². The largest absolute Gasteiger partial charge is 0.369 e. The third-order valence-corrected chi connectivity index (χ3v) is 4.72. The first kappa shape index (κ1) is 15.6. The van der Waals surface area contributed by atoms with Gasteiger partial charge in [0.1, 0.15) is 4.70 Å². The normalized spacial score (nSPS) is 12.0. The number of nitrogens with two attached hydrogens (primary N) is 1. The number of rotatable bonds is 5. The molecule has 3 rings (SSSR count). The van der Waals surface area contributed by atoms with Gasteiger partial charge in [0.05, 0.1) is 18.6 Å². The second-order valence-electron chi connectivity index (χ2n) is 5.72. The molecule has 0 aliphatic rings. The van der Waals surface area contributed by atoms with Crippen LogP contribution >= 0.6 is 11.3 Å². The zero-order valence-corrected chi connectivity index (χ0v) is 14.0. The molecule has 0 spiro atoms. The SMILES string of the molecule is CC(C)N(CC(N)=O)Cc1nnc2n(C)c(=O)c3sccc3n12. The van der Waals surface area contributed by atoms with E-state index in [0.717, 1.165) is 5.52 Å². The van der Waals surface area contributed by atoms with Crippen LogP contribution in [0.25, 0.3) is 16.0 Å². The molecule has 0 aliphatic heterocycles. The molecule has 0 radical (unpaired) electrons. The molecule has 0 saturated carbocycles. The molecular formula is C14H18N6O2S. The van der Waals surface area contributed by atoms with E-state index in [2.05, 4.69) is 10.2 Å². The van der Waals surface area contributed by atoms with E-state index in [9.17, 15) is 9.59 Å². The Balaban J connectivity index is 2.15. The first-order chi connectivity index (χ1) is 10.9. The van der Waals surface area contributed by atoms with Crippen molar-refractivity contribution in [2.24, 2.45) is 12.8 Å². The summed E-state index contributed by atoms with van der Waals surface area (Å²) in [5.41, 5.74) is 6.03. The van der Waals surface area contributed by atoms with Crippen molar-refractivity contribution < 1.29 is 4.79 Å². The molecule has 0 saturated heterocycles. The maximum absolute atomic E-state index is 12.3. The highest BCUT2D eigenvalue weighted by atomic mass is 32.1. The zero-order valence-electron chi connectivity index (χ0n) is 13.2. The highest BCUT2D eigenvalue weighted by Crippen LogP contribution is 2.20. The summed E-state index contributed by atoms with van der Waals surface area (Å²) in [5.74, 6) is 0.772. The van der Waals surface area contributed by atoms with Crippen molar-refractivity contribution in [3.63, 3.8) is 0 Å². The number of fused-ring (bicyclic) bond motifs is 3. The molecule has 0 atom stereocenters. The zero-order chi connectivity index (χ0) is 16.7. The number of amides is 1. The van der Waals surface area contributed by atoms with Crippen LogP contribution in [-0.2, 0) is 18.4 Å². The maximum Gasteiger partial charge on any atom is 0.272 e. The van der Waals surface area contributed by atoms with Gasteiger partial charge in [0.15, 0.2) is 5.82 Å². The fourth-order valence-corrected chi connectivity index (χ4v) is 3.41. The van der Waals surface area contributed by atoms with E-state index in [-0.39, 0.29) is 24.1 Å². The molecule has 0 bridgehead atoms. The Morgan fingerprint density at radius 3 is 2.83 bits per heavy atom. The minimum atomic E-state index is -0.388. The van der Waals surface area contributed by atoms with Crippen molar-refractivity contribution in [3.05, 3.63) is 27.6 Å². The summed E-state index contributed by atoms with van der Waals surface area (Å²) in [4.78, 5) is 25.5. The van der Waals surface area contributed by atoms with Crippen molar-refractivity contribution in [2.75, 3.05) is 6.54 Å². The van der Waals surface area contributed by atoms with Crippen molar-refractivity contribution in [1.29, 1.82) is 0 Å². The van der Waals surface area contributed by atoms with E-state index in [4.69, 9.17) is 5.73 Å². The van der Waals surface area contributed by atoms with E-state index in [1.165, 1.54) is 15.9 Å². The van der Waals surface area contributed by atoms with Crippen LogP contribution in [0.2, 0.25) is 0 Å². The average molecular weight is 334 g/mol. The molecule has 1 amide bonds. The summed E-state index contributed by atoms with van der Waals surface area (Å²) in [6, 6.07) is 2.01. The summed E-state index contributed by atoms with van der Waals surface area (Å²) in [7, 11) is 1.68. The molecule has 0 aliphatic carbocycles. The molecule has 0 aromatic carbocycles. The van der Waals surface area contributed by atoms with Gasteiger partial charge in [0.2, 0.25) is 11.7 Å². The molecule has 8 nitrogen and oxygen atoms in total. The Morgan fingerprint density at radius 1 is 1.43 bits per heavy atom. The van der Waals surface area contributed by atoms with Crippen LogP contribution in [0.3, 0.4) is 0 Å². The van der Waals surface area contributed by atoms with Gasteiger partial charge in [-0.25, -0.2) is 0 Å². The van der Waals surface area contributed by atoms with Crippen molar-refractivity contribution in [3.8, 4) is 0 Å². The Morgan fingerprint density at radius 2 is 2.17 bits per heavy atom. The van der Waals surface area contributed by atoms with E-state index >= 15 is 0 Å². The molecule has 3 heterocycles. The Hall–Kier alpha value is -2.26. The first-order valence-corrected chi connectivity index (χ1v) is 8.10. The topological polar surface area (TPSA) is 98.5 Å². The van der Waals surface area contributed by atoms with Crippen LogP contribution in [0.5, 0.6) is 0 Å². The molecular weight excluding hydrogens is 316 g/mol. The van der Waals surface area contributed by atoms with E-state index in [1.54, 1.807) is 7.05 Å². The predicted octanol–water partition coefficient (Wildman–Crippen LogP) is 0.338. The lowest BCUT2D eigenvalue weighted by molar-refractivity contribution is -0.119. The third-order valence-electron chi connectivity index (χ3n) is 3.83. The summed E-state index contributed by atoms with van der Waals surface area (Å²) in [6.07, 6.45) is 0. The Labute approximate surface area is 136 Å². The fraction of sp³-hybridized carbons (Fsp3) is 0.429. The molecule has 2 N–H and O–H groups in total. The first-order valence-electron chi connectivity index (χ1n) is 7.22. The number of thiophene rings is 1. The number of hydrogen-bond donors (Lipinski definition) is 1. The number of nitrogens with zero attached hydrogens (tertiary/aromatic N) is 5. The van der Waals surface area contributed by atoms with Gasteiger partial charge in [0.25, 0.3) is 5.56 Å². The lowest BCUT2D eigenvalue weighted by atomic mass is 10.3. The molecule has 122 valence electrons. The van der Waals surface area contributed by atoms with E-state index in [0.29, 0.717) is 22.8 Å². The second kappa shape index (κ2) is 5.74. The fourth-order valence-electron chi connectivity index (χ4n) is 2.56. The highest BCUT2D eigenvalue weighted by molar-refractivity contribution is 7.17. The molecule has 3 aromatic rings. The van der Waals surface area contributed by atoms with Crippen LogP contribution in [-0.4, -0.2) is 42.6 Å². The summed E-state index contributed by atoms with van der Waals surface area (Å²) in [5, 5.41) is 10.2. The lowest BCUT2D eigenvalue weighted by Crippen LogP contribution is -2.38. The van der Waals surface area contributed by atoms with Gasteiger partial charge in [0, 0.05) is 13.1 Å². The molecule has 0 unspecified atom stereocenters. The number of carbonyl (C=O) groups is 1. The molecule has 0 fully saturated rings. The van der Waals surface area contributed by atoms with Crippen molar-refractivity contribution >= 4 is 33.2 Å². The van der Waals surface area contributed by atoms with Gasteiger partial charge in [-0.05, 0) is 25.3 Å². The highest BCUT2D eigenvalue weighted by Gasteiger charge is 2.19. The maximum atomic E-state index is 12.3. The number of primary amides is 1. The predicted molar refractivity (Wildman–Crippen MR) is 88.4 cm³/mol. The van der Waals surface area contributed by atoms with Gasteiger partial charge in [-0.3, -0.25) is 23.5 Å². The monoisotopic (exact) mass is 334 g/mol.